The number of nitrogens with zero attached hydrogens (tertiary/aromatic N) is 2. The molecule has 0 aliphatic heterocycles. The van der Waals surface area contributed by atoms with Crippen molar-refractivity contribution in [2.45, 2.75) is 17.7 Å². The summed E-state index contributed by atoms with van der Waals surface area (Å²) in [5, 5.41) is 0. The molecule has 30 heavy (non-hydrogen) atoms. The minimum absolute atomic E-state index is 0.189. The maximum Gasteiger partial charge on any atom is 0.261 e. The third kappa shape index (κ3) is 4.16. The molecule has 0 fully saturated rings. The van der Waals surface area contributed by atoms with E-state index in [-0.39, 0.29) is 4.90 Å². The zero-order valence-corrected chi connectivity index (χ0v) is 17.7. The van der Waals surface area contributed by atoms with Crippen molar-refractivity contribution in [2.24, 2.45) is 7.05 Å². The molecule has 0 atom stereocenters. The normalized spacial score (nSPS) is 11.5. The average molecular weight is 422 g/mol. The number of para-hydroxylation sites is 2. The highest BCUT2D eigenvalue weighted by Crippen LogP contribution is 2.20. The predicted molar refractivity (Wildman–Crippen MR) is 118 cm³/mol. The molecule has 154 valence electrons. The van der Waals surface area contributed by atoms with E-state index in [9.17, 15) is 8.42 Å². The predicted octanol–water partition coefficient (Wildman–Crippen LogP) is 4.17. The van der Waals surface area contributed by atoms with Crippen molar-refractivity contribution < 1.29 is 13.2 Å². The van der Waals surface area contributed by atoms with Gasteiger partial charge in [0.2, 0.25) is 0 Å². The van der Waals surface area contributed by atoms with Crippen LogP contribution in [0.5, 0.6) is 5.75 Å². The second kappa shape index (κ2) is 8.20. The van der Waals surface area contributed by atoms with E-state index in [1.807, 2.05) is 37.4 Å². The van der Waals surface area contributed by atoms with Crippen LogP contribution in [0.2, 0.25) is 0 Å². The summed E-state index contributed by atoms with van der Waals surface area (Å²) in [6.45, 7) is 0. The fourth-order valence-corrected chi connectivity index (χ4v) is 4.44. The molecular weight excluding hydrogens is 398 g/mol. The smallest absolute Gasteiger partial charge is 0.261 e. The molecule has 4 rings (SSSR count). The van der Waals surface area contributed by atoms with Crippen LogP contribution in [0, 0.1) is 0 Å². The molecule has 0 aliphatic rings. The Bertz CT molecular complexity index is 1260. The van der Waals surface area contributed by atoms with Crippen LogP contribution >= 0.6 is 0 Å². The molecule has 0 unspecified atom stereocenters. The van der Waals surface area contributed by atoms with Crippen LogP contribution in [-0.2, 0) is 29.9 Å². The maximum atomic E-state index is 12.6. The lowest BCUT2D eigenvalue weighted by Crippen LogP contribution is -2.12. The van der Waals surface area contributed by atoms with Crippen molar-refractivity contribution in [1.29, 1.82) is 0 Å². The Morgan fingerprint density at radius 2 is 1.63 bits per heavy atom. The number of ether oxygens (including phenoxy) is 1. The van der Waals surface area contributed by atoms with Crippen LogP contribution in [0.1, 0.15) is 11.4 Å². The highest BCUT2D eigenvalue weighted by Gasteiger charge is 2.14. The number of anilines is 1. The van der Waals surface area contributed by atoms with Crippen LogP contribution < -0.4 is 9.46 Å². The van der Waals surface area contributed by atoms with Crippen molar-refractivity contribution in [3.05, 3.63) is 84.2 Å². The number of hydrogen-bond donors (Lipinski definition) is 1. The van der Waals surface area contributed by atoms with Gasteiger partial charge >= 0.3 is 0 Å². The first-order valence-electron chi connectivity index (χ1n) is 9.62. The summed E-state index contributed by atoms with van der Waals surface area (Å²) in [6, 6.07) is 21.8. The summed E-state index contributed by atoms with van der Waals surface area (Å²) in [4.78, 5) is 4.89. The van der Waals surface area contributed by atoms with E-state index in [1.54, 1.807) is 31.4 Å². The summed E-state index contributed by atoms with van der Waals surface area (Å²) in [5.74, 6) is 1.64. The highest BCUT2D eigenvalue weighted by molar-refractivity contribution is 7.92. The molecule has 0 bridgehead atoms. The average Bonchev–Trinajstić information content (AvgIpc) is 3.09. The molecule has 0 saturated heterocycles. The van der Waals surface area contributed by atoms with Gasteiger partial charge in [0.1, 0.15) is 11.6 Å². The number of aryl methyl sites for hydroxylation is 3. The van der Waals surface area contributed by atoms with Crippen molar-refractivity contribution in [2.75, 3.05) is 11.8 Å². The number of hydrogen-bond acceptors (Lipinski definition) is 4. The molecule has 0 amide bonds. The van der Waals surface area contributed by atoms with E-state index in [0.29, 0.717) is 11.4 Å². The third-order valence-corrected chi connectivity index (χ3v) is 6.49. The number of benzene rings is 3. The molecule has 3 aromatic carbocycles. The largest absolute Gasteiger partial charge is 0.497 e. The lowest BCUT2D eigenvalue weighted by molar-refractivity contribution is 0.414. The topological polar surface area (TPSA) is 73.2 Å². The second-order valence-electron chi connectivity index (χ2n) is 7.05. The van der Waals surface area contributed by atoms with Gasteiger partial charge in [-0.1, -0.05) is 24.3 Å². The lowest BCUT2D eigenvalue weighted by Gasteiger charge is -2.10. The summed E-state index contributed by atoms with van der Waals surface area (Å²) >= 11 is 0. The highest BCUT2D eigenvalue weighted by atomic mass is 32.2. The molecule has 0 saturated carbocycles. The molecule has 1 N–H and O–H groups in total. The van der Waals surface area contributed by atoms with Gasteiger partial charge in [-0.3, -0.25) is 4.72 Å². The minimum atomic E-state index is -3.65. The van der Waals surface area contributed by atoms with Crippen LogP contribution in [-0.4, -0.2) is 25.1 Å². The lowest BCUT2D eigenvalue weighted by atomic mass is 10.1. The standard InChI is InChI=1S/C23H23N3O3S/c1-26-22-6-4-3-5-21(22)24-23(26)16-9-17-7-10-18(11-8-17)25-30(27,28)20-14-12-19(29-2)13-15-20/h3-8,10-15,25H,9,16H2,1-2H3. The maximum absolute atomic E-state index is 12.6. The number of imidazole rings is 1. The number of rotatable bonds is 7. The van der Waals surface area contributed by atoms with Crippen LogP contribution in [0.4, 0.5) is 5.69 Å². The van der Waals surface area contributed by atoms with E-state index in [2.05, 4.69) is 15.4 Å². The molecule has 0 aliphatic carbocycles. The number of aromatic nitrogens is 2. The van der Waals surface area contributed by atoms with Gasteiger partial charge in [0.05, 0.1) is 23.0 Å². The van der Waals surface area contributed by atoms with Gasteiger partial charge in [0.15, 0.2) is 0 Å². The first-order chi connectivity index (χ1) is 14.5. The zero-order valence-electron chi connectivity index (χ0n) is 16.9. The minimum Gasteiger partial charge on any atom is -0.497 e. The monoisotopic (exact) mass is 421 g/mol. The Balaban J connectivity index is 1.42. The van der Waals surface area contributed by atoms with Crippen LogP contribution in [0.3, 0.4) is 0 Å². The van der Waals surface area contributed by atoms with Crippen LogP contribution in [0.15, 0.2) is 77.7 Å². The van der Waals surface area contributed by atoms with E-state index in [0.717, 1.165) is 35.3 Å². The van der Waals surface area contributed by atoms with Gasteiger partial charge in [-0.2, -0.15) is 0 Å². The molecule has 0 spiro atoms. The fraction of sp³-hybridized carbons (Fsp3) is 0.174. The number of nitrogens with one attached hydrogen (secondary N) is 1. The van der Waals surface area contributed by atoms with Gasteiger partial charge in [-0.05, 0) is 60.5 Å². The van der Waals surface area contributed by atoms with Crippen molar-refractivity contribution in [3.8, 4) is 5.75 Å². The summed E-state index contributed by atoms with van der Waals surface area (Å²) in [7, 11) is -0.0751. The molecule has 0 radical (unpaired) electrons. The van der Waals surface area contributed by atoms with Gasteiger partial charge in [-0.25, -0.2) is 13.4 Å². The Hall–Kier alpha value is -3.32. The fourth-order valence-electron chi connectivity index (χ4n) is 3.38. The second-order valence-corrected chi connectivity index (χ2v) is 8.74. The summed E-state index contributed by atoms with van der Waals surface area (Å²) in [6.07, 6.45) is 1.63. The Kier molecular flexibility index (Phi) is 5.46. The molecule has 4 aromatic rings. The molecular formula is C23H23N3O3S. The zero-order chi connectivity index (χ0) is 21.1. The Morgan fingerprint density at radius 1 is 0.933 bits per heavy atom. The van der Waals surface area contributed by atoms with E-state index >= 15 is 0 Å². The number of methoxy groups -OCH3 is 1. The molecule has 1 heterocycles. The molecule has 6 nitrogen and oxygen atoms in total. The van der Waals surface area contributed by atoms with E-state index < -0.39 is 10.0 Å². The Labute approximate surface area is 176 Å². The van der Waals surface area contributed by atoms with Gasteiger partial charge in [-0.15, -0.1) is 0 Å². The van der Waals surface area contributed by atoms with Gasteiger partial charge < -0.3 is 9.30 Å². The van der Waals surface area contributed by atoms with Crippen molar-refractivity contribution >= 4 is 26.7 Å². The van der Waals surface area contributed by atoms with Gasteiger partial charge in [0.25, 0.3) is 10.0 Å². The SMILES string of the molecule is COc1ccc(S(=O)(=O)Nc2ccc(CCc3nc4ccccc4n3C)cc2)cc1. The van der Waals surface area contributed by atoms with Crippen molar-refractivity contribution in [3.63, 3.8) is 0 Å². The number of sulfonamides is 1. The quantitative estimate of drug-likeness (QED) is 0.486. The summed E-state index contributed by atoms with van der Waals surface area (Å²) < 4.78 is 34.9. The molecule has 1 aromatic heterocycles. The van der Waals surface area contributed by atoms with Gasteiger partial charge in [0, 0.05) is 19.2 Å². The van der Waals surface area contributed by atoms with Crippen LogP contribution in [0.25, 0.3) is 11.0 Å². The first-order valence-corrected chi connectivity index (χ1v) is 11.1. The third-order valence-electron chi connectivity index (χ3n) is 5.09. The van der Waals surface area contributed by atoms with E-state index in [1.165, 1.54) is 12.1 Å². The first kappa shape index (κ1) is 20.0. The van der Waals surface area contributed by atoms with E-state index in [4.69, 9.17) is 9.72 Å². The number of fused-ring (bicyclic) bond motifs is 1. The molecule has 7 heteroatoms. The van der Waals surface area contributed by atoms with Crippen molar-refractivity contribution in [1.82, 2.24) is 9.55 Å². The summed E-state index contributed by atoms with van der Waals surface area (Å²) in [5.41, 5.74) is 3.76. The Morgan fingerprint density at radius 3 is 2.30 bits per heavy atom.